The number of para-hydroxylation sites is 1. The average molecular weight is 814 g/mol. The molecule has 0 amide bonds. The van der Waals surface area contributed by atoms with Crippen molar-refractivity contribution in [3.63, 3.8) is 0 Å². The lowest BCUT2D eigenvalue weighted by Gasteiger charge is -2.42. The van der Waals surface area contributed by atoms with Gasteiger partial charge in [-0.2, -0.15) is 0 Å². The van der Waals surface area contributed by atoms with Crippen LogP contribution in [0.5, 0.6) is 5.75 Å². The SMILES string of the molecule is CC(C)(C)c1cc(-c2cc(-c3ccccc3)ccn2)cc(-c2cccc3c2nc(-c2ccc4c(c2O)C(C)(C)CCC4(C)C)n3-c2ccc(C(C)(C)C)cc2-c2ccccc2)c1. The van der Waals surface area contributed by atoms with Crippen LogP contribution in [-0.2, 0) is 21.7 Å². The first-order valence-corrected chi connectivity index (χ1v) is 22.2. The molecule has 0 unspecified atom stereocenters. The summed E-state index contributed by atoms with van der Waals surface area (Å²) in [5.74, 6) is 1.05. The molecule has 0 saturated heterocycles. The van der Waals surface area contributed by atoms with Crippen molar-refractivity contribution < 1.29 is 5.11 Å². The van der Waals surface area contributed by atoms with Crippen LogP contribution in [0.1, 0.15) is 104 Å². The summed E-state index contributed by atoms with van der Waals surface area (Å²) in [5.41, 5.74) is 16.5. The molecule has 312 valence electrons. The Hall–Kier alpha value is -6.26. The first-order chi connectivity index (χ1) is 29.4. The van der Waals surface area contributed by atoms with E-state index in [2.05, 4.69) is 213 Å². The molecule has 0 radical (unpaired) electrons. The van der Waals surface area contributed by atoms with Crippen LogP contribution >= 0.6 is 0 Å². The summed E-state index contributed by atoms with van der Waals surface area (Å²) in [6.45, 7) is 22.8. The van der Waals surface area contributed by atoms with E-state index in [9.17, 15) is 5.11 Å². The zero-order chi connectivity index (χ0) is 43.8. The number of rotatable bonds is 6. The van der Waals surface area contributed by atoms with Gasteiger partial charge in [-0.05, 0) is 122 Å². The molecule has 1 aliphatic rings. The lowest BCUT2D eigenvalue weighted by molar-refractivity contribution is 0.318. The number of phenolic OH excluding ortho intramolecular Hbond substituents is 1. The van der Waals surface area contributed by atoms with Gasteiger partial charge in [0.2, 0.25) is 0 Å². The van der Waals surface area contributed by atoms with Crippen LogP contribution in [0.25, 0.3) is 72.7 Å². The minimum Gasteiger partial charge on any atom is -0.507 e. The van der Waals surface area contributed by atoms with Crippen molar-refractivity contribution in [2.24, 2.45) is 0 Å². The van der Waals surface area contributed by atoms with Gasteiger partial charge in [0.1, 0.15) is 11.6 Å². The number of fused-ring (bicyclic) bond motifs is 2. The number of benzene rings is 6. The predicted molar refractivity (Wildman–Crippen MR) is 260 cm³/mol. The zero-order valence-corrected chi connectivity index (χ0v) is 38.1. The van der Waals surface area contributed by atoms with E-state index in [0.717, 1.165) is 91.2 Å². The Kier molecular flexibility index (Phi) is 9.93. The average Bonchev–Trinajstić information content (AvgIpc) is 3.64. The second-order valence-electron chi connectivity index (χ2n) is 20.8. The molecule has 0 atom stereocenters. The second kappa shape index (κ2) is 15.0. The summed E-state index contributed by atoms with van der Waals surface area (Å²) < 4.78 is 2.30. The molecule has 0 bridgehead atoms. The van der Waals surface area contributed by atoms with E-state index >= 15 is 0 Å². The van der Waals surface area contributed by atoms with Crippen LogP contribution in [0.4, 0.5) is 0 Å². The largest absolute Gasteiger partial charge is 0.507 e. The van der Waals surface area contributed by atoms with Crippen LogP contribution in [0.15, 0.2) is 146 Å². The summed E-state index contributed by atoms with van der Waals surface area (Å²) in [6.07, 6.45) is 3.97. The Morgan fingerprint density at radius 3 is 1.89 bits per heavy atom. The van der Waals surface area contributed by atoms with Gasteiger partial charge in [0.05, 0.1) is 28.0 Å². The number of nitrogens with zero attached hydrogens (tertiary/aromatic N) is 3. The van der Waals surface area contributed by atoms with Gasteiger partial charge >= 0.3 is 0 Å². The maximum atomic E-state index is 12.7. The Balaban J connectivity index is 1.34. The third-order valence-electron chi connectivity index (χ3n) is 13.3. The molecule has 4 heteroatoms. The molecule has 1 N–H and O–H groups in total. The summed E-state index contributed by atoms with van der Waals surface area (Å²) in [6, 6.07) is 50.1. The molecule has 0 fully saturated rings. The Labute approximate surface area is 368 Å². The molecule has 62 heavy (non-hydrogen) atoms. The maximum Gasteiger partial charge on any atom is 0.149 e. The number of phenols is 1. The molecular weight excluding hydrogens is 755 g/mol. The number of imidazole rings is 1. The van der Waals surface area contributed by atoms with E-state index in [-0.39, 0.29) is 21.7 Å². The van der Waals surface area contributed by atoms with Crippen molar-refractivity contribution in [1.82, 2.24) is 14.5 Å². The summed E-state index contributed by atoms with van der Waals surface area (Å²) in [5, 5.41) is 12.7. The zero-order valence-electron chi connectivity index (χ0n) is 38.1. The molecule has 0 saturated carbocycles. The Morgan fingerprint density at radius 1 is 0.532 bits per heavy atom. The molecular formula is C58H59N3O. The van der Waals surface area contributed by atoms with Gasteiger partial charge in [-0.1, -0.05) is 160 Å². The Morgan fingerprint density at radius 2 is 1.19 bits per heavy atom. The third kappa shape index (κ3) is 7.34. The van der Waals surface area contributed by atoms with Gasteiger partial charge in [0.15, 0.2) is 0 Å². The highest BCUT2D eigenvalue weighted by atomic mass is 16.3. The molecule has 6 aromatic carbocycles. The topological polar surface area (TPSA) is 50.9 Å². The third-order valence-corrected chi connectivity index (χ3v) is 13.3. The molecule has 4 nitrogen and oxygen atoms in total. The van der Waals surface area contributed by atoms with Crippen molar-refractivity contribution in [3.05, 3.63) is 168 Å². The van der Waals surface area contributed by atoms with Crippen LogP contribution in [0.3, 0.4) is 0 Å². The second-order valence-corrected chi connectivity index (χ2v) is 20.8. The van der Waals surface area contributed by atoms with E-state index in [4.69, 9.17) is 9.97 Å². The number of pyridine rings is 1. The van der Waals surface area contributed by atoms with Gasteiger partial charge in [-0.15, -0.1) is 0 Å². The molecule has 2 aromatic heterocycles. The van der Waals surface area contributed by atoms with Crippen molar-refractivity contribution in [3.8, 4) is 67.5 Å². The van der Waals surface area contributed by atoms with Gasteiger partial charge in [0.25, 0.3) is 0 Å². The van der Waals surface area contributed by atoms with E-state index in [1.54, 1.807) is 0 Å². The quantitative estimate of drug-likeness (QED) is 0.182. The molecule has 2 heterocycles. The summed E-state index contributed by atoms with van der Waals surface area (Å²) >= 11 is 0. The van der Waals surface area contributed by atoms with Crippen molar-refractivity contribution in [2.45, 2.75) is 104 Å². The van der Waals surface area contributed by atoms with Crippen molar-refractivity contribution in [1.29, 1.82) is 0 Å². The molecule has 9 rings (SSSR count). The van der Waals surface area contributed by atoms with Gasteiger partial charge in [-0.25, -0.2) is 4.98 Å². The van der Waals surface area contributed by atoms with Gasteiger partial charge < -0.3 is 5.11 Å². The minimum atomic E-state index is -0.202. The van der Waals surface area contributed by atoms with Crippen LogP contribution in [0, 0.1) is 0 Å². The number of hydrogen-bond donors (Lipinski definition) is 1. The molecule has 8 aromatic rings. The lowest BCUT2D eigenvalue weighted by Crippen LogP contribution is -2.34. The van der Waals surface area contributed by atoms with E-state index in [0.29, 0.717) is 5.75 Å². The molecule has 1 aliphatic carbocycles. The maximum absolute atomic E-state index is 12.7. The predicted octanol–water partition coefficient (Wildman–Crippen LogP) is 15.4. The number of aromatic hydroxyl groups is 1. The van der Waals surface area contributed by atoms with Crippen molar-refractivity contribution in [2.75, 3.05) is 0 Å². The van der Waals surface area contributed by atoms with E-state index in [1.165, 1.54) is 16.7 Å². The normalized spacial score (nSPS) is 14.8. The first kappa shape index (κ1) is 41.1. The first-order valence-electron chi connectivity index (χ1n) is 22.2. The summed E-state index contributed by atoms with van der Waals surface area (Å²) in [4.78, 5) is 10.6. The fourth-order valence-corrected chi connectivity index (χ4v) is 9.47. The van der Waals surface area contributed by atoms with Crippen LogP contribution in [-0.4, -0.2) is 19.6 Å². The highest BCUT2D eigenvalue weighted by Crippen LogP contribution is 2.52. The van der Waals surface area contributed by atoms with Crippen LogP contribution in [0.2, 0.25) is 0 Å². The van der Waals surface area contributed by atoms with Gasteiger partial charge in [-0.3, -0.25) is 9.55 Å². The van der Waals surface area contributed by atoms with E-state index < -0.39 is 0 Å². The smallest absolute Gasteiger partial charge is 0.149 e. The van der Waals surface area contributed by atoms with Gasteiger partial charge in [0, 0.05) is 28.5 Å². The van der Waals surface area contributed by atoms with Crippen LogP contribution < -0.4 is 0 Å². The highest BCUT2D eigenvalue weighted by molar-refractivity contribution is 5.98. The standard InChI is InChI=1S/C58H59N3O/c1-55(2,3)42-24-27-49(46(36-42)38-20-15-12-16-21-38)61-50-23-17-22-44(52(50)60-54(61)45-25-26-47-51(53(45)62)58(9,10)30-29-57(47,7)8)40-32-41(34-43(33-40)56(4,5)6)48-35-39(28-31-59-48)37-18-13-11-14-19-37/h11-28,31-36,62H,29-30H2,1-10H3. The summed E-state index contributed by atoms with van der Waals surface area (Å²) in [7, 11) is 0. The monoisotopic (exact) mass is 813 g/mol. The van der Waals surface area contributed by atoms with E-state index in [1.807, 2.05) is 6.20 Å². The minimum absolute atomic E-state index is 0.0529. The number of aromatic nitrogens is 3. The fraction of sp³-hybridized carbons (Fsp3) is 0.276. The molecule has 0 spiro atoms. The lowest BCUT2D eigenvalue weighted by atomic mass is 9.62. The fourth-order valence-electron chi connectivity index (χ4n) is 9.47. The number of hydrogen-bond acceptors (Lipinski definition) is 3. The molecule has 0 aliphatic heterocycles. The Bertz CT molecular complexity index is 2970. The highest BCUT2D eigenvalue weighted by Gasteiger charge is 2.40. The van der Waals surface area contributed by atoms with Crippen molar-refractivity contribution >= 4 is 11.0 Å².